The monoisotopic (exact) mass is 486 g/mol. The summed E-state index contributed by atoms with van der Waals surface area (Å²) >= 11 is 5.94. The van der Waals surface area contributed by atoms with Crippen LogP contribution in [0.4, 0.5) is 0 Å². The molecule has 0 heterocycles. The lowest BCUT2D eigenvalue weighted by atomic mass is 10.1. The summed E-state index contributed by atoms with van der Waals surface area (Å²) in [5, 5.41) is 3.48. The molecular formula is C25H27ClN2O4S. The molecule has 0 aliphatic carbocycles. The molecule has 3 aromatic carbocycles. The van der Waals surface area contributed by atoms with Crippen molar-refractivity contribution in [3.8, 4) is 5.75 Å². The molecule has 6 nitrogen and oxygen atoms in total. The number of hydrogen-bond donors (Lipinski definition) is 1. The molecule has 0 unspecified atom stereocenters. The van der Waals surface area contributed by atoms with Crippen molar-refractivity contribution < 1.29 is 17.9 Å². The minimum Gasteiger partial charge on any atom is -0.497 e. The van der Waals surface area contributed by atoms with Crippen molar-refractivity contribution in [3.05, 3.63) is 95.0 Å². The van der Waals surface area contributed by atoms with Gasteiger partial charge in [0.25, 0.3) is 0 Å². The second kappa shape index (κ2) is 11.3. The second-order valence-electron chi connectivity index (χ2n) is 7.59. The van der Waals surface area contributed by atoms with Gasteiger partial charge in [-0.05, 0) is 60.9 Å². The number of hydrogen-bond acceptors (Lipinski definition) is 4. The maximum Gasteiger partial charge on any atom is 0.243 e. The standard InChI is InChI=1S/C25H27ClN2O4S/c1-19(21-8-10-22(26)11-9-21)27-25(29)18-28(17-16-20-6-4-3-5-7-20)33(30,31)24-14-12-23(32-2)13-15-24/h3-15,19H,16-18H2,1-2H3,(H,27,29)/t19-/m0/s1. The van der Waals surface area contributed by atoms with Crippen LogP contribution in [0.15, 0.2) is 83.8 Å². The zero-order valence-corrected chi connectivity index (χ0v) is 20.1. The Balaban J connectivity index is 1.77. The van der Waals surface area contributed by atoms with E-state index in [0.29, 0.717) is 17.2 Å². The van der Waals surface area contributed by atoms with E-state index in [9.17, 15) is 13.2 Å². The van der Waals surface area contributed by atoms with E-state index in [0.717, 1.165) is 11.1 Å². The molecule has 3 aromatic rings. The van der Waals surface area contributed by atoms with Crippen LogP contribution in [0.3, 0.4) is 0 Å². The largest absolute Gasteiger partial charge is 0.497 e. The molecule has 1 amide bonds. The normalized spacial score (nSPS) is 12.4. The first kappa shape index (κ1) is 24.8. The third-order valence-electron chi connectivity index (χ3n) is 5.26. The minimum absolute atomic E-state index is 0.106. The Hall–Kier alpha value is -2.87. The van der Waals surface area contributed by atoms with Crippen molar-refractivity contribution in [2.45, 2.75) is 24.3 Å². The molecule has 0 aliphatic heterocycles. The highest BCUT2D eigenvalue weighted by molar-refractivity contribution is 7.89. The van der Waals surface area contributed by atoms with E-state index in [4.69, 9.17) is 16.3 Å². The highest BCUT2D eigenvalue weighted by atomic mass is 35.5. The first-order valence-corrected chi connectivity index (χ1v) is 12.3. The van der Waals surface area contributed by atoms with Gasteiger partial charge in [-0.1, -0.05) is 54.1 Å². The van der Waals surface area contributed by atoms with Gasteiger partial charge in [-0.2, -0.15) is 4.31 Å². The van der Waals surface area contributed by atoms with E-state index in [1.807, 2.05) is 49.4 Å². The summed E-state index contributed by atoms with van der Waals surface area (Å²) in [6.45, 7) is 1.72. The van der Waals surface area contributed by atoms with Crippen LogP contribution in [-0.2, 0) is 21.2 Å². The molecule has 0 spiro atoms. The second-order valence-corrected chi connectivity index (χ2v) is 9.96. The average molecular weight is 487 g/mol. The summed E-state index contributed by atoms with van der Waals surface area (Å²) in [4.78, 5) is 12.9. The van der Waals surface area contributed by atoms with E-state index in [2.05, 4.69) is 5.32 Å². The van der Waals surface area contributed by atoms with Crippen molar-refractivity contribution in [2.75, 3.05) is 20.2 Å². The number of nitrogens with one attached hydrogen (secondary N) is 1. The molecule has 0 bridgehead atoms. The molecule has 3 rings (SSSR count). The number of carbonyl (C=O) groups excluding carboxylic acids is 1. The predicted octanol–water partition coefficient (Wildman–Crippen LogP) is 4.46. The number of amides is 1. The van der Waals surface area contributed by atoms with E-state index in [1.54, 1.807) is 24.3 Å². The highest BCUT2D eigenvalue weighted by Gasteiger charge is 2.27. The smallest absolute Gasteiger partial charge is 0.243 e. The zero-order chi connectivity index (χ0) is 23.8. The van der Waals surface area contributed by atoms with Gasteiger partial charge in [-0.3, -0.25) is 4.79 Å². The molecule has 33 heavy (non-hydrogen) atoms. The van der Waals surface area contributed by atoms with Crippen LogP contribution in [-0.4, -0.2) is 38.8 Å². The molecule has 0 saturated heterocycles. The summed E-state index contributed by atoms with van der Waals surface area (Å²) in [6, 6.07) is 22.6. The van der Waals surface area contributed by atoms with Crippen LogP contribution in [0.5, 0.6) is 5.75 Å². The van der Waals surface area contributed by atoms with Gasteiger partial charge < -0.3 is 10.1 Å². The lowest BCUT2D eigenvalue weighted by Crippen LogP contribution is -2.42. The van der Waals surface area contributed by atoms with E-state index in [1.165, 1.54) is 23.5 Å². The molecule has 174 valence electrons. The van der Waals surface area contributed by atoms with Crippen LogP contribution in [0.2, 0.25) is 5.02 Å². The Morgan fingerprint density at radius 3 is 2.24 bits per heavy atom. The molecule has 1 atom stereocenters. The molecule has 0 aromatic heterocycles. The first-order valence-electron chi connectivity index (χ1n) is 10.5. The number of nitrogens with zero attached hydrogens (tertiary/aromatic N) is 1. The van der Waals surface area contributed by atoms with Crippen LogP contribution >= 0.6 is 11.6 Å². The summed E-state index contributed by atoms with van der Waals surface area (Å²) in [5.74, 6) is 0.168. The van der Waals surface area contributed by atoms with Crippen LogP contribution in [0.25, 0.3) is 0 Å². The quantitative estimate of drug-likeness (QED) is 0.459. The third-order valence-corrected chi connectivity index (χ3v) is 7.37. The van der Waals surface area contributed by atoms with E-state index < -0.39 is 10.0 Å². The van der Waals surface area contributed by atoms with Gasteiger partial charge in [0, 0.05) is 11.6 Å². The molecule has 8 heteroatoms. The number of halogens is 1. The van der Waals surface area contributed by atoms with Crippen molar-refractivity contribution in [1.82, 2.24) is 9.62 Å². The Morgan fingerprint density at radius 1 is 1.00 bits per heavy atom. The lowest BCUT2D eigenvalue weighted by Gasteiger charge is -2.23. The number of benzene rings is 3. The predicted molar refractivity (Wildman–Crippen MR) is 130 cm³/mol. The third kappa shape index (κ3) is 6.81. The maximum atomic E-state index is 13.4. The fraction of sp³-hybridized carbons (Fsp3) is 0.240. The van der Waals surface area contributed by atoms with Crippen LogP contribution < -0.4 is 10.1 Å². The Bertz CT molecular complexity index is 1150. The fourth-order valence-electron chi connectivity index (χ4n) is 3.36. The van der Waals surface area contributed by atoms with Gasteiger partial charge in [0.15, 0.2) is 0 Å². The van der Waals surface area contributed by atoms with Crippen LogP contribution in [0, 0.1) is 0 Å². The Morgan fingerprint density at radius 2 is 1.64 bits per heavy atom. The number of carbonyl (C=O) groups is 1. The van der Waals surface area contributed by atoms with Crippen molar-refractivity contribution >= 4 is 27.5 Å². The van der Waals surface area contributed by atoms with Crippen molar-refractivity contribution in [3.63, 3.8) is 0 Å². The fourth-order valence-corrected chi connectivity index (χ4v) is 4.88. The van der Waals surface area contributed by atoms with E-state index in [-0.39, 0.29) is 29.9 Å². The summed E-state index contributed by atoms with van der Waals surface area (Å²) in [6.07, 6.45) is 0.482. The molecule has 0 radical (unpaired) electrons. The topological polar surface area (TPSA) is 75.7 Å². The summed E-state index contributed by atoms with van der Waals surface area (Å²) in [7, 11) is -2.38. The Labute approximate surface area is 200 Å². The summed E-state index contributed by atoms with van der Waals surface area (Å²) < 4.78 is 33.1. The average Bonchev–Trinajstić information content (AvgIpc) is 2.82. The number of ether oxygens (including phenoxy) is 1. The zero-order valence-electron chi connectivity index (χ0n) is 18.6. The van der Waals surface area contributed by atoms with Crippen molar-refractivity contribution in [2.24, 2.45) is 0 Å². The summed E-state index contributed by atoms with van der Waals surface area (Å²) in [5.41, 5.74) is 1.86. The maximum absolute atomic E-state index is 13.4. The number of sulfonamides is 1. The van der Waals surface area contributed by atoms with Gasteiger partial charge in [0.05, 0.1) is 24.6 Å². The number of rotatable bonds is 10. The number of methoxy groups -OCH3 is 1. The van der Waals surface area contributed by atoms with Gasteiger partial charge >= 0.3 is 0 Å². The van der Waals surface area contributed by atoms with Crippen LogP contribution in [0.1, 0.15) is 24.1 Å². The molecule has 0 fully saturated rings. The van der Waals surface area contributed by atoms with Gasteiger partial charge in [0.1, 0.15) is 5.75 Å². The van der Waals surface area contributed by atoms with Gasteiger partial charge in [-0.15, -0.1) is 0 Å². The first-order chi connectivity index (χ1) is 15.8. The highest BCUT2D eigenvalue weighted by Crippen LogP contribution is 2.21. The Kier molecular flexibility index (Phi) is 8.49. The lowest BCUT2D eigenvalue weighted by molar-refractivity contribution is -0.121. The molecule has 0 saturated carbocycles. The van der Waals surface area contributed by atoms with Crippen molar-refractivity contribution in [1.29, 1.82) is 0 Å². The van der Waals surface area contributed by atoms with E-state index >= 15 is 0 Å². The molecular weight excluding hydrogens is 460 g/mol. The minimum atomic E-state index is -3.90. The van der Waals surface area contributed by atoms with Gasteiger partial charge in [-0.25, -0.2) is 8.42 Å². The van der Waals surface area contributed by atoms with Gasteiger partial charge in [0.2, 0.25) is 15.9 Å². The molecule has 1 N–H and O–H groups in total. The molecule has 0 aliphatic rings. The SMILES string of the molecule is COc1ccc(S(=O)(=O)N(CCc2ccccc2)CC(=O)N[C@@H](C)c2ccc(Cl)cc2)cc1.